The maximum absolute atomic E-state index is 2.52. The largest absolute Gasteiger partial charge is 0.332 e. The molecular weight excluding hydrogens is 745 g/mol. The van der Waals surface area contributed by atoms with E-state index in [1.54, 1.807) is 0 Å². The summed E-state index contributed by atoms with van der Waals surface area (Å²) >= 11 is 1.98. The Kier molecular flexibility index (Phi) is 11.7. The van der Waals surface area contributed by atoms with Crippen LogP contribution in [-0.4, -0.2) is 5.54 Å². The van der Waals surface area contributed by atoms with Gasteiger partial charge in [-0.25, -0.2) is 0 Å². The highest BCUT2D eigenvalue weighted by molar-refractivity contribution is 7.19. The molecule has 3 aliphatic rings. The normalized spacial score (nSPS) is 19.1. The number of anilines is 5. The van der Waals surface area contributed by atoms with Gasteiger partial charge in [0, 0.05) is 48.8 Å². The molecule has 0 radical (unpaired) electrons. The van der Waals surface area contributed by atoms with Crippen molar-refractivity contribution in [2.75, 3.05) is 9.80 Å². The summed E-state index contributed by atoms with van der Waals surface area (Å²) in [6.45, 7) is 9.38. The van der Waals surface area contributed by atoms with E-state index in [9.17, 15) is 0 Å². The van der Waals surface area contributed by atoms with Gasteiger partial charge < -0.3 is 9.80 Å². The van der Waals surface area contributed by atoms with Crippen LogP contribution in [0.4, 0.5) is 28.4 Å². The highest BCUT2D eigenvalue weighted by Gasteiger charge is 2.35. The Labute approximate surface area is 364 Å². The Morgan fingerprint density at radius 3 is 1.93 bits per heavy atom. The number of nitrogens with zero attached hydrogens (tertiary/aromatic N) is 2. The van der Waals surface area contributed by atoms with Crippen molar-refractivity contribution in [2.24, 2.45) is 5.92 Å². The molecule has 1 heterocycles. The SMILES string of the molecule is CCCC(CCC)(c1ccc(N(c2ccc(C3CCCCC3)cc2)c2ccc3c4c(sc3c2)CC(C)C=C4)cc1)c1ccc(N(c2ccccc2)C2(C)C=CC=CC2)cc1. The maximum atomic E-state index is 2.52. The van der Waals surface area contributed by atoms with E-state index in [1.165, 1.54) is 97.8 Å². The maximum Gasteiger partial charge on any atom is 0.0642 e. The van der Waals surface area contributed by atoms with Crippen LogP contribution in [0.1, 0.15) is 125 Å². The van der Waals surface area contributed by atoms with E-state index in [2.05, 4.69) is 195 Å². The predicted molar refractivity (Wildman–Crippen MR) is 261 cm³/mol. The van der Waals surface area contributed by atoms with Crippen molar-refractivity contribution < 1.29 is 0 Å². The molecule has 2 nitrogen and oxygen atoms in total. The van der Waals surface area contributed by atoms with Gasteiger partial charge in [0.15, 0.2) is 0 Å². The Morgan fingerprint density at radius 2 is 1.30 bits per heavy atom. The molecule has 9 rings (SSSR count). The highest BCUT2D eigenvalue weighted by Crippen LogP contribution is 2.47. The van der Waals surface area contributed by atoms with Gasteiger partial charge >= 0.3 is 0 Å². The first-order valence-corrected chi connectivity index (χ1v) is 23.8. The first kappa shape index (κ1) is 40.3. The van der Waals surface area contributed by atoms with Crippen molar-refractivity contribution in [2.45, 2.75) is 115 Å². The number of fused-ring (bicyclic) bond motifs is 3. The summed E-state index contributed by atoms with van der Waals surface area (Å²) in [5, 5.41) is 1.38. The quantitative estimate of drug-likeness (QED) is 0.115. The van der Waals surface area contributed by atoms with Gasteiger partial charge in [-0.1, -0.05) is 150 Å². The molecule has 0 aliphatic heterocycles. The lowest BCUT2D eigenvalue weighted by Crippen LogP contribution is -2.42. The van der Waals surface area contributed by atoms with Crippen molar-refractivity contribution in [3.05, 3.63) is 179 Å². The number of thiophene rings is 1. The fourth-order valence-electron chi connectivity index (χ4n) is 10.8. The van der Waals surface area contributed by atoms with E-state index in [-0.39, 0.29) is 11.0 Å². The van der Waals surface area contributed by atoms with Gasteiger partial charge in [-0.15, -0.1) is 11.3 Å². The first-order chi connectivity index (χ1) is 29.4. The van der Waals surface area contributed by atoms with Gasteiger partial charge in [-0.2, -0.15) is 0 Å². The molecule has 0 spiro atoms. The summed E-state index contributed by atoms with van der Waals surface area (Å²) in [6.07, 6.45) is 27.0. The number of hydrogen-bond acceptors (Lipinski definition) is 3. The van der Waals surface area contributed by atoms with Crippen molar-refractivity contribution in [1.82, 2.24) is 0 Å². The minimum atomic E-state index is -0.150. The van der Waals surface area contributed by atoms with Crippen LogP contribution in [0, 0.1) is 5.92 Å². The molecule has 0 bridgehead atoms. The third-order valence-corrected chi connectivity index (χ3v) is 15.0. The Balaban J connectivity index is 1.09. The summed E-state index contributed by atoms with van der Waals surface area (Å²) in [7, 11) is 0. The summed E-state index contributed by atoms with van der Waals surface area (Å²) in [6, 6.07) is 47.0. The lowest BCUT2D eigenvalue weighted by atomic mass is 9.68. The molecule has 0 N–H and O–H groups in total. The number of para-hydroxylation sites is 1. The van der Waals surface area contributed by atoms with Crippen LogP contribution in [0.2, 0.25) is 0 Å². The van der Waals surface area contributed by atoms with Crippen LogP contribution < -0.4 is 9.80 Å². The van der Waals surface area contributed by atoms with Crippen molar-refractivity contribution in [3.8, 4) is 0 Å². The van der Waals surface area contributed by atoms with Gasteiger partial charge in [0.05, 0.1) is 5.54 Å². The molecule has 0 amide bonds. The molecule has 6 aromatic rings. The van der Waals surface area contributed by atoms with Crippen molar-refractivity contribution in [3.63, 3.8) is 0 Å². The molecule has 2 unspecified atom stereocenters. The molecule has 2 atom stereocenters. The molecular formula is C57H62N2S. The van der Waals surface area contributed by atoms with Gasteiger partial charge in [0.2, 0.25) is 0 Å². The first-order valence-electron chi connectivity index (χ1n) is 22.9. The average molecular weight is 807 g/mol. The molecule has 0 saturated heterocycles. The van der Waals surface area contributed by atoms with Gasteiger partial charge in [0.1, 0.15) is 0 Å². The third kappa shape index (κ3) is 7.82. The summed E-state index contributed by atoms with van der Waals surface area (Å²) in [5.41, 5.74) is 11.6. The molecule has 3 aliphatic carbocycles. The lowest BCUT2D eigenvalue weighted by Gasteiger charge is -2.42. The van der Waals surface area contributed by atoms with Crippen LogP contribution in [-0.2, 0) is 11.8 Å². The zero-order chi connectivity index (χ0) is 41.1. The third-order valence-electron chi connectivity index (χ3n) is 13.8. The number of rotatable bonds is 13. The topological polar surface area (TPSA) is 6.48 Å². The number of hydrogen-bond donors (Lipinski definition) is 0. The molecule has 3 heteroatoms. The van der Waals surface area contributed by atoms with Crippen molar-refractivity contribution in [1.29, 1.82) is 0 Å². The minimum Gasteiger partial charge on any atom is -0.332 e. The smallest absolute Gasteiger partial charge is 0.0642 e. The van der Waals surface area contributed by atoms with Crippen LogP contribution in [0.5, 0.6) is 0 Å². The number of allylic oxidation sites excluding steroid dienone is 3. The van der Waals surface area contributed by atoms with E-state index < -0.39 is 0 Å². The van der Waals surface area contributed by atoms with Crippen molar-refractivity contribution >= 4 is 55.9 Å². The second kappa shape index (κ2) is 17.5. The van der Waals surface area contributed by atoms with E-state index in [0.717, 1.165) is 38.5 Å². The fraction of sp³-hybridized carbons (Fsp3) is 0.333. The second-order valence-electron chi connectivity index (χ2n) is 18.1. The zero-order valence-electron chi connectivity index (χ0n) is 36.2. The van der Waals surface area contributed by atoms with Gasteiger partial charge in [0.25, 0.3) is 0 Å². The Bertz CT molecular complexity index is 2460. The summed E-state index contributed by atoms with van der Waals surface area (Å²) in [4.78, 5) is 6.53. The zero-order valence-corrected chi connectivity index (χ0v) is 37.1. The van der Waals surface area contributed by atoms with Crippen LogP contribution >= 0.6 is 11.3 Å². The van der Waals surface area contributed by atoms with Crippen LogP contribution in [0.15, 0.2) is 152 Å². The molecule has 306 valence electrons. The minimum absolute atomic E-state index is 0.0817. The highest BCUT2D eigenvalue weighted by atomic mass is 32.1. The van der Waals surface area contributed by atoms with E-state index in [0.29, 0.717) is 11.8 Å². The standard InChI is InChI=1S/C57H62N2S/c1-5-36-57(37-6-2,46-25-31-50(32-26-46)59(49-18-12-8-13-19-49)56(4)38-14-9-15-39-56)45-23-29-48(30-24-45)58(47-27-21-44(22-28-47)43-16-10-7-11-17-43)51-33-35-53-52-34-20-42(3)40-54(52)60-55(53)41-51/h8-9,12-15,18-35,38,41-43H,5-7,10-11,16-17,36-37,39-40H2,1-4H3. The lowest BCUT2D eigenvalue weighted by molar-refractivity contribution is 0.426. The monoisotopic (exact) mass is 806 g/mol. The van der Waals surface area contributed by atoms with E-state index in [1.807, 2.05) is 11.3 Å². The molecule has 1 fully saturated rings. The predicted octanol–water partition coefficient (Wildman–Crippen LogP) is 16.9. The summed E-state index contributed by atoms with van der Waals surface area (Å²) in [5.74, 6) is 1.28. The van der Waals surface area contributed by atoms with E-state index >= 15 is 0 Å². The summed E-state index contributed by atoms with van der Waals surface area (Å²) < 4.78 is 1.38. The Hall–Kier alpha value is -5.12. The average Bonchev–Trinajstić information content (AvgIpc) is 3.65. The molecule has 60 heavy (non-hydrogen) atoms. The van der Waals surface area contributed by atoms with Crippen LogP contribution in [0.25, 0.3) is 16.2 Å². The fourth-order valence-corrected chi connectivity index (χ4v) is 12.2. The number of benzene rings is 5. The molecule has 5 aromatic carbocycles. The van der Waals surface area contributed by atoms with Gasteiger partial charge in [-0.05, 0) is 140 Å². The molecule has 1 aromatic heterocycles. The van der Waals surface area contributed by atoms with Crippen LogP contribution in [0.3, 0.4) is 0 Å². The Morgan fingerprint density at radius 1 is 0.683 bits per heavy atom. The van der Waals surface area contributed by atoms with E-state index in [4.69, 9.17) is 0 Å². The van der Waals surface area contributed by atoms with Gasteiger partial charge in [-0.3, -0.25) is 0 Å². The molecule has 1 saturated carbocycles. The second-order valence-corrected chi connectivity index (χ2v) is 19.3.